The number of rotatable bonds is 4. The Labute approximate surface area is 116 Å². The standard InChI is InChI=1S/C16H25NO2/c1-12(2)17-11-6-5-8-13(17)16-14(18-3)9-7-10-15(16)19-4/h7,9-10,12-13H,5-6,8,11H2,1-4H3. The topological polar surface area (TPSA) is 21.7 Å². The van der Waals surface area contributed by atoms with Crippen LogP contribution in [0.2, 0.25) is 0 Å². The van der Waals surface area contributed by atoms with Gasteiger partial charge < -0.3 is 9.47 Å². The fraction of sp³-hybridized carbons (Fsp3) is 0.625. The third-order valence-corrected chi connectivity index (χ3v) is 4.01. The van der Waals surface area contributed by atoms with Gasteiger partial charge in [-0.2, -0.15) is 0 Å². The highest BCUT2D eigenvalue weighted by molar-refractivity contribution is 5.47. The van der Waals surface area contributed by atoms with Crippen LogP contribution in [0.4, 0.5) is 0 Å². The Morgan fingerprint density at radius 3 is 2.26 bits per heavy atom. The Morgan fingerprint density at radius 2 is 1.74 bits per heavy atom. The zero-order valence-corrected chi connectivity index (χ0v) is 12.5. The third-order valence-electron chi connectivity index (χ3n) is 4.01. The summed E-state index contributed by atoms with van der Waals surface area (Å²) in [6.07, 6.45) is 3.73. The molecule has 3 nitrogen and oxygen atoms in total. The number of likely N-dealkylation sites (tertiary alicyclic amines) is 1. The van der Waals surface area contributed by atoms with E-state index in [9.17, 15) is 0 Å². The van der Waals surface area contributed by atoms with E-state index in [1.807, 2.05) is 18.2 Å². The molecule has 2 rings (SSSR count). The summed E-state index contributed by atoms with van der Waals surface area (Å²) in [6, 6.07) is 7.00. The normalized spacial score (nSPS) is 20.6. The van der Waals surface area contributed by atoms with Crippen LogP contribution in [-0.2, 0) is 0 Å². The molecule has 0 N–H and O–H groups in total. The molecule has 1 unspecified atom stereocenters. The number of hydrogen-bond acceptors (Lipinski definition) is 3. The van der Waals surface area contributed by atoms with Gasteiger partial charge in [-0.05, 0) is 45.4 Å². The van der Waals surface area contributed by atoms with Gasteiger partial charge in [0.2, 0.25) is 0 Å². The first-order valence-electron chi connectivity index (χ1n) is 7.15. The lowest BCUT2D eigenvalue weighted by atomic mass is 9.92. The van der Waals surface area contributed by atoms with Gasteiger partial charge in [0.1, 0.15) is 11.5 Å². The predicted molar refractivity (Wildman–Crippen MR) is 78.0 cm³/mol. The number of benzene rings is 1. The number of nitrogens with zero attached hydrogens (tertiary/aromatic N) is 1. The summed E-state index contributed by atoms with van der Waals surface area (Å²) in [5.41, 5.74) is 1.21. The second-order valence-electron chi connectivity index (χ2n) is 5.42. The van der Waals surface area contributed by atoms with Gasteiger partial charge in [0.05, 0.1) is 19.8 Å². The minimum absolute atomic E-state index is 0.403. The monoisotopic (exact) mass is 263 g/mol. The van der Waals surface area contributed by atoms with Gasteiger partial charge in [-0.15, -0.1) is 0 Å². The van der Waals surface area contributed by atoms with Crippen molar-refractivity contribution in [3.05, 3.63) is 23.8 Å². The second kappa shape index (κ2) is 6.29. The van der Waals surface area contributed by atoms with Crippen LogP contribution in [0, 0.1) is 0 Å². The summed E-state index contributed by atoms with van der Waals surface area (Å²) in [6.45, 7) is 5.68. The van der Waals surface area contributed by atoms with Crippen LogP contribution < -0.4 is 9.47 Å². The molecular weight excluding hydrogens is 238 g/mol. The Balaban J connectivity index is 2.42. The van der Waals surface area contributed by atoms with Gasteiger partial charge >= 0.3 is 0 Å². The average molecular weight is 263 g/mol. The minimum atomic E-state index is 0.403. The molecule has 1 aliphatic rings. The molecule has 1 saturated heterocycles. The largest absolute Gasteiger partial charge is 0.496 e. The van der Waals surface area contributed by atoms with E-state index in [4.69, 9.17) is 9.47 Å². The lowest BCUT2D eigenvalue weighted by molar-refractivity contribution is 0.108. The van der Waals surface area contributed by atoms with Crippen molar-refractivity contribution in [3.8, 4) is 11.5 Å². The van der Waals surface area contributed by atoms with E-state index in [0.29, 0.717) is 12.1 Å². The molecule has 1 aromatic rings. The van der Waals surface area contributed by atoms with Crippen molar-refractivity contribution in [1.29, 1.82) is 0 Å². The summed E-state index contributed by atoms with van der Waals surface area (Å²) in [5.74, 6) is 1.88. The van der Waals surface area contributed by atoms with E-state index in [-0.39, 0.29) is 0 Å². The van der Waals surface area contributed by atoms with E-state index < -0.39 is 0 Å². The molecule has 0 saturated carbocycles. The molecule has 1 aliphatic heterocycles. The van der Waals surface area contributed by atoms with Crippen molar-refractivity contribution in [1.82, 2.24) is 4.90 Å². The van der Waals surface area contributed by atoms with Crippen molar-refractivity contribution in [2.75, 3.05) is 20.8 Å². The SMILES string of the molecule is COc1cccc(OC)c1C1CCCCN1C(C)C. The molecule has 0 bridgehead atoms. The van der Waals surface area contributed by atoms with Gasteiger partial charge in [0.25, 0.3) is 0 Å². The van der Waals surface area contributed by atoms with Crippen molar-refractivity contribution < 1.29 is 9.47 Å². The maximum atomic E-state index is 5.56. The fourth-order valence-corrected chi connectivity index (χ4v) is 3.09. The van der Waals surface area contributed by atoms with Crippen LogP contribution in [0.1, 0.15) is 44.7 Å². The van der Waals surface area contributed by atoms with Crippen LogP contribution in [0.15, 0.2) is 18.2 Å². The third kappa shape index (κ3) is 2.86. The molecule has 19 heavy (non-hydrogen) atoms. The first-order chi connectivity index (χ1) is 9.19. The van der Waals surface area contributed by atoms with Crippen molar-refractivity contribution in [2.45, 2.75) is 45.2 Å². The summed E-state index contributed by atoms with van der Waals surface area (Å²) >= 11 is 0. The predicted octanol–water partition coefficient (Wildman–Crippen LogP) is 3.64. The zero-order valence-electron chi connectivity index (χ0n) is 12.5. The molecule has 106 valence electrons. The lowest BCUT2D eigenvalue weighted by Gasteiger charge is -2.39. The molecular formula is C16H25NO2. The summed E-state index contributed by atoms with van der Waals surface area (Å²) < 4.78 is 11.1. The molecule has 1 aromatic carbocycles. The summed E-state index contributed by atoms with van der Waals surface area (Å²) in [5, 5.41) is 0. The van der Waals surface area contributed by atoms with Gasteiger partial charge in [0, 0.05) is 12.1 Å². The quantitative estimate of drug-likeness (QED) is 0.828. The van der Waals surface area contributed by atoms with Gasteiger partial charge in [-0.3, -0.25) is 4.90 Å². The number of methoxy groups -OCH3 is 2. The smallest absolute Gasteiger partial charge is 0.127 e. The average Bonchev–Trinajstić information content (AvgIpc) is 2.46. The van der Waals surface area contributed by atoms with E-state index in [0.717, 1.165) is 18.0 Å². The Bertz CT molecular complexity index is 395. The summed E-state index contributed by atoms with van der Waals surface area (Å²) in [4.78, 5) is 2.56. The second-order valence-corrected chi connectivity index (χ2v) is 5.42. The highest BCUT2D eigenvalue weighted by atomic mass is 16.5. The molecule has 0 amide bonds. The molecule has 1 atom stereocenters. The zero-order chi connectivity index (χ0) is 13.8. The van der Waals surface area contributed by atoms with Crippen LogP contribution in [0.3, 0.4) is 0 Å². The van der Waals surface area contributed by atoms with Crippen LogP contribution in [0.25, 0.3) is 0 Å². The Morgan fingerprint density at radius 1 is 1.11 bits per heavy atom. The van der Waals surface area contributed by atoms with Gasteiger partial charge in [0.15, 0.2) is 0 Å². The maximum absolute atomic E-state index is 5.56. The Kier molecular flexibility index (Phi) is 4.70. The molecule has 0 aliphatic carbocycles. The van der Waals surface area contributed by atoms with Crippen molar-refractivity contribution in [2.24, 2.45) is 0 Å². The fourth-order valence-electron chi connectivity index (χ4n) is 3.09. The molecule has 3 heteroatoms. The molecule has 0 aromatic heterocycles. The first-order valence-corrected chi connectivity index (χ1v) is 7.15. The number of piperidine rings is 1. The van der Waals surface area contributed by atoms with E-state index in [1.165, 1.54) is 24.8 Å². The van der Waals surface area contributed by atoms with E-state index >= 15 is 0 Å². The van der Waals surface area contributed by atoms with Crippen molar-refractivity contribution >= 4 is 0 Å². The molecule has 0 radical (unpaired) electrons. The van der Waals surface area contributed by atoms with Crippen molar-refractivity contribution in [3.63, 3.8) is 0 Å². The van der Waals surface area contributed by atoms with E-state index in [2.05, 4.69) is 18.7 Å². The Hall–Kier alpha value is -1.22. The molecule has 1 fully saturated rings. The van der Waals surface area contributed by atoms with Crippen LogP contribution in [-0.4, -0.2) is 31.7 Å². The van der Waals surface area contributed by atoms with E-state index in [1.54, 1.807) is 14.2 Å². The van der Waals surface area contributed by atoms with Gasteiger partial charge in [-0.1, -0.05) is 12.5 Å². The highest BCUT2D eigenvalue weighted by Crippen LogP contribution is 2.42. The van der Waals surface area contributed by atoms with Crippen LogP contribution in [0.5, 0.6) is 11.5 Å². The maximum Gasteiger partial charge on any atom is 0.127 e. The lowest BCUT2D eigenvalue weighted by Crippen LogP contribution is -2.38. The van der Waals surface area contributed by atoms with Crippen LogP contribution >= 0.6 is 0 Å². The van der Waals surface area contributed by atoms with Gasteiger partial charge in [-0.25, -0.2) is 0 Å². The summed E-state index contributed by atoms with van der Waals surface area (Å²) in [7, 11) is 3.47. The molecule has 1 heterocycles. The first kappa shape index (κ1) is 14.2. The molecule has 0 spiro atoms. The number of hydrogen-bond donors (Lipinski definition) is 0. The number of ether oxygens (including phenoxy) is 2. The highest BCUT2D eigenvalue weighted by Gasteiger charge is 2.30. The minimum Gasteiger partial charge on any atom is -0.496 e.